The van der Waals surface area contributed by atoms with Crippen molar-refractivity contribution in [3.05, 3.63) is 16.1 Å². The lowest BCUT2D eigenvalue weighted by molar-refractivity contribution is -0.138. The van der Waals surface area contributed by atoms with Crippen LogP contribution < -0.4 is 0 Å². The van der Waals surface area contributed by atoms with Gasteiger partial charge >= 0.3 is 0 Å². The molecule has 1 aromatic heterocycles. The topological polar surface area (TPSA) is 51.7 Å². The zero-order valence-corrected chi connectivity index (χ0v) is 13.9. The molecule has 22 heavy (non-hydrogen) atoms. The van der Waals surface area contributed by atoms with Gasteiger partial charge in [-0.3, -0.25) is 4.79 Å². The summed E-state index contributed by atoms with van der Waals surface area (Å²) in [6, 6.07) is 0. The molecule has 3 heterocycles. The molecule has 0 aromatic carbocycles. The molecule has 0 spiro atoms. The van der Waals surface area contributed by atoms with Gasteiger partial charge in [0.1, 0.15) is 6.61 Å². The van der Waals surface area contributed by atoms with E-state index in [4.69, 9.17) is 9.47 Å². The van der Waals surface area contributed by atoms with Crippen molar-refractivity contribution in [1.29, 1.82) is 0 Å². The van der Waals surface area contributed by atoms with Crippen molar-refractivity contribution >= 4 is 17.2 Å². The van der Waals surface area contributed by atoms with Gasteiger partial charge in [-0.25, -0.2) is 4.98 Å². The molecule has 2 saturated heterocycles. The molecule has 0 aliphatic carbocycles. The Hall–Kier alpha value is -0.980. The third-order valence-electron chi connectivity index (χ3n) is 4.31. The number of aryl methyl sites for hydroxylation is 1. The molecule has 0 saturated carbocycles. The first-order valence-electron chi connectivity index (χ1n) is 8.11. The smallest absolute Gasteiger partial charge is 0.248 e. The molecule has 2 aliphatic rings. The lowest BCUT2D eigenvalue weighted by Gasteiger charge is -2.31. The minimum atomic E-state index is 0.0935. The predicted octanol–water partition coefficient (Wildman–Crippen LogP) is 2.35. The summed E-state index contributed by atoms with van der Waals surface area (Å²) in [4.78, 5) is 18.8. The van der Waals surface area contributed by atoms with Gasteiger partial charge in [0.15, 0.2) is 0 Å². The van der Waals surface area contributed by atoms with Crippen molar-refractivity contribution in [2.75, 3.05) is 32.9 Å². The van der Waals surface area contributed by atoms with Crippen molar-refractivity contribution in [3.63, 3.8) is 0 Å². The first-order valence-corrected chi connectivity index (χ1v) is 8.99. The molecule has 0 N–H and O–H groups in total. The average molecular weight is 324 g/mol. The molecule has 3 rings (SSSR count). The fraction of sp³-hybridized carbons (Fsp3) is 0.750. The Morgan fingerprint density at radius 1 is 1.50 bits per heavy atom. The van der Waals surface area contributed by atoms with Crippen molar-refractivity contribution in [1.82, 2.24) is 9.88 Å². The molecule has 2 unspecified atom stereocenters. The van der Waals surface area contributed by atoms with Crippen LogP contribution in [-0.2, 0) is 14.3 Å². The van der Waals surface area contributed by atoms with E-state index in [0.717, 1.165) is 56.1 Å². The third-order valence-corrected chi connectivity index (χ3v) is 5.44. The van der Waals surface area contributed by atoms with Crippen LogP contribution in [0.2, 0.25) is 0 Å². The number of ether oxygens (including phenoxy) is 2. The molecular formula is C16H24N2O3S. The Bertz CT molecular complexity index is 499. The summed E-state index contributed by atoms with van der Waals surface area (Å²) in [5.74, 6) is 0.477. The molecule has 0 radical (unpaired) electrons. The molecule has 1 aromatic rings. The van der Waals surface area contributed by atoms with E-state index < -0.39 is 0 Å². The van der Waals surface area contributed by atoms with Crippen molar-refractivity contribution in [3.8, 4) is 0 Å². The fourth-order valence-electron chi connectivity index (χ4n) is 3.11. The lowest BCUT2D eigenvalue weighted by atomic mass is 9.99. The van der Waals surface area contributed by atoms with E-state index in [0.29, 0.717) is 12.5 Å². The van der Waals surface area contributed by atoms with Crippen LogP contribution in [0.4, 0.5) is 0 Å². The zero-order chi connectivity index (χ0) is 15.4. The minimum absolute atomic E-state index is 0.0935. The molecule has 2 aliphatic heterocycles. The van der Waals surface area contributed by atoms with Crippen LogP contribution in [0.15, 0.2) is 5.38 Å². The highest BCUT2D eigenvalue weighted by Gasteiger charge is 2.26. The third kappa shape index (κ3) is 4.06. The fourth-order valence-corrected chi connectivity index (χ4v) is 4.04. The molecule has 122 valence electrons. The number of rotatable bonds is 5. The maximum absolute atomic E-state index is 12.3. The lowest BCUT2D eigenvalue weighted by Crippen LogP contribution is -2.41. The second-order valence-electron chi connectivity index (χ2n) is 6.16. The Labute approximate surface area is 135 Å². The summed E-state index contributed by atoms with van der Waals surface area (Å²) in [6.45, 7) is 5.16. The summed E-state index contributed by atoms with van der Waals surface area (Å²) in [5, 5.41) is 3.25. The minimum Gasteiger partial charge on any atom is -0.376 e. The van der Waals surface area contributed by atoms with Gasteiger partial charge in [-0.2, -0.15) is 0 Å². The number of likely N-dealkylation sites (tertiary alicyclic amines) is 1. The van der Waals surface area contributed by atoms with Gasteiger partial charge in [0, 0.05) is 36.7 Å². The molecule has 6 heteroatoms. The SMILES string of the molecule is Cc1csc(C2CCCN(C(=O)COCC3CCCO3)C2)n1. The molecule has 1 amide bonds. The first-order chi connectivity index (χ1) is 10.7. The van der Waals surface area contributed by atoms with E-state index in [2.05, 4.69) is 10.4 Å². The number of amides is 1. The normalized spacial score (nSPS) is 25.6. The van der Waals surface area contributed by atoms with Crippen LogP contribution in [0.5, 0.6) is 0 Å². The monoisotopic (exact) mass is 324 g/mol. The molecular weight excluding hydrogens is 300 g/mol. The molecule has 0 bridgehead atoms. The van der Waals surface area contributed by atoms with E-state index >= 15 is 0 Å². The number of carbonyl (C=O) groups excluding carboxylic acids is 1. The van der Waals surface area contributed by atoms with Gasteiger partial charge in [0.2, 0.25) is 5.91 Å². The Balaban J connectivity index is 1.45. The van der Waals surface area contributed by atoms with Crippen molar-refractivity contribution in [2.24, 2.45) is 0 Å². The van der Waals surface area contributed by atoms with Gasteiger partial charge in [-0.15, -0.1) is 11.3 Å². The maximum Gasteiger partial charge on any atom is 0.248 e. The molecule has 2 fully saturated rings. The Kier molecular flexibility index (Phi) is 5.44. The standard InChI is InChI=1S/C16H24N2O3S/c1-12-11-22-16(17-12)13-4-2-6-18(8-13)15(19)10-20-9-14-5-3-7-21-14/h11,13-14H,2-10H2,1H3. The number of carbonyl (C=O) groups is 1. The number of hydrogen-bond donors (Lipinski definition) is 0. The number of hydrogen-bond acceptors (Lipinski definition) is 5. The number of nitrogens with zero attached hydrogens (tertiary/aromatic N) is 2. The van der Waals surface area contributed by atoms with Crippen LogP contribution >= 0.6 is 11.3 Å². The van der Waals surface area contributed by atoms with Crippen molar-refractivity contribution < 1.29 is 14.3 Å². The van der Waals surface area contributed by atoms with E-state index in [-0.39, 0.29) is 18.6 Å². The molecule has 2 atom stereocenters. The van der Waals surface area contributed by atoms with E-state index in [1.165, 1.54) is 0 Å². The van der Waals surface area contributed by atoms with Crippen LogP contribution in [0.25, 0.3) is 0 Å². The summed E-state index contributed by atoms with van der Waals surface area (Å²) in [7, 11) is 0. The second kappa shape index (κ2) is 7.53. The van der Waals surface area contributed by atoms with Crippen LogP contribution in [0, 0.1) is 6.92 Å². The zero-order valence-electron chi connectivity index (χ0n) is 13.1. The summed E-state index contributed by atoms with van der Waals surface area (Å²) >= 11 is 1.71. The van der Waals surface area contributed by atoms with Gasteiger partial charge in [-0.1, -0.05) is 0 Å². The second-order valence-corrected chi connectivity index (χ2v) is 7.05. The van der Waals surface area contributed by atoms with Crippen LogP contribution in [-0.4, -0.2) is 54.8 Å². The number of piperidine rings is 1. The number of thiazole rings is 1. The van der Waals surface area contributed by atoms with Crippen LogP contribution in [0.1, 0.15) is 42.3 Å². The predicted molar refractivity (Wildman–Crippen MR) is 85.2 cm³/mol. The van der Waals surface area contributed by atoms with E-state index in [1.54, 1.807) is 11.3 Å². The first kappa shape index (κ1) is 15.9. The quantitative estimate of drug-likeness (QED) is 0.834. The van der Waals surface area contributed by atoms with Gasteiger partial charge in [0.25, 0.3) is 0 Å². The molecule has 5 nitrogen and oxygen atoms in total. The maximum atomic E-state index is 12.3. The highest BCUT2D eigenvalue weighted by Crippen LogP contribution is 2.29. The van der Waals surface area contributed by atoms with Gasteiger partial charge in [-0.05, 0) is 32.6 Å². The van der Waals surface area contributed by atoms with Gasteiger partial charge < -0.3 is 14.4 Å². The summed E-state index contributed by atoms with van der Waals surface area (Å²) < 4.78 is 11.0. The largest absolute Gasteiger partial charge is 0.376 e. The van der Waals surface area contributed by atoms with Crippen LogP contribution in [0.3, 0.4) is 0 Å². The highest BCUT2D eigenvalue weighted by atomic mass is 32.1. The van der Waals surface area contributed by atoms with Crippen molar-refractivity contribution in [2.45, 2.75) is 44.6 Å². The summed E-state index contributed by atoms with van der Waals surface area (Å²) in [6.07, 6.45) is 4.49. The van der Waals surface area contributed by atoms with E-state index in [1.807, 2.05) is 11.8 Å². The highest BCUT2D eigenvalue weighted by molar-refractivity contribution is 7.09. The van der Waals surface area contributed by atoms with E-state index in [9.17, 15) is 4.79 Å². The summed E-state index contributed by atoms with van der Waals surface area (Å²) in [5.41, 5.74) is 1.07. The Morgan fingerprint density at radius 2 is 2.41 bits per heavy atom. The van der Waals surface area contributed by atoms with Gasteiger partial charge in [0.05, 0.1) is 17.7 Å². The average Bonchev–Trinajstić information content (AvgIpc) is 3.19. The number of aromatic nitrogens is 1. The Morgan fingerprint density at radius 3 is 3.14 bits per heavy atom.